The van der Waals surface area contributed by atoms with Gasteiger partial charge >= 0.3 is 5.69 Å². The molecule has 0 amide bonds. The Labute approximate surface area is 89.9 Å². The van der Waals surface area contributed by atoms with Crippen LogP contribution in [0.5, 0.6) is 0 Å². The van der Waals surface area contributed by atoms with E-state index in [4.69, 9.17) is 9.84 Å². The molecule has 3 atom stereocenters. The van der Waals surface area contributed by atoms with E-state index < -0.39 is 29.7 Å². The number of hydrogen-bond donors (Lipinski definition) is 3. The van der Waals surface area contributed by atoms with Crippen LogP contribution in [0.4, 0.5) is 0 Å². The number of aliphatic hydroxyl groups excluding tert-OH is 2. The molecule has 1 aromatic heterocycles. The van der Waals surface area contributed by atoms with Crippen LogP contribution in [0.15, 0.2) is 21.9 Å². The highest BCUT2D eigenvalue weighted by Gasteiger charge is 2.35. The summed E-state index contributed by atoms with van der Waals surface area (Å²) in [5.41, 5.74) is -1.09. The standard InChI is InChI=1S/C9H12N2O5/c12-4-6-5(13)3-8(16-6)11-7(14)1-2-10-9(11)15/h1-2,5-6,8,12-13H,3-4H2,(H,10,15)/t5-,6?,8-/m1/s1. The average Bonchev–Trinajstić information content (AvgIpc) is 2.59. The van der Waals surface area contributed by atoms with Gasteiger partial charge < -0.3 is 19.9 Å². The SMILES string of the molecule is O=c1cc[nH]c(=O)n1[C@H]1C[C@@H](O)C(CO)O1. The van der Waals surface area contributed by atoms with E-state index in [1.54, 1.807) is 0 Å². The smallest absolute Gasteiger partial charge is 0.330 e. The van der Waals surface area contributed by atoms with Crippen molar-refractivity contribution in [2.75, 3.05) is 6.61 Å². The van der Waals surface area contributed by atoms with E-state index in [-0.39, 0.29) is 13.0 Å². The summed E-state index contributed by atoms with van der Waals surface area (Å²) in [6.45, 7) is -0.350. The number of H-pyrrole nitrogens is 1. The third kappa shape index (κ3) is 1.80. The molecule has 1 aliphatic rings. The van der Waals surface area contributed by atoms with E-state index in [0.717, 1.165) is 4.57 Å². The average molecular weight is 228 g/mol. The summed E-state index contributed by atoms with van der Waals surface area (Å²) in [7, 11) is 0. The molecule has 0 aliphatic carbocycles. The first-order valence-electron chi connectivity index (χ1n) is 4.88. The van der Waals surface area contributed by atoms with Crippen LogP contribution in [0.3, 0.4) is 0 Å². The first kappa shape index (κ1) is 11.1. The molecule has 1 aliphatic heterocycles. The van der Waals surface area contributed by atoms with E-state index in [9.17, 15) is 14.7 Å². The van der Waals surface area contributed by atoms with Crippen LogP contribution in [0.25, 0.3) is 0 Å². The van der Waals surface area contributed by atoms with Gasteiger partial charge in [0.25, 0.3) is 5.56 Å². The predicted octanol–water partition coefficient (Wildman–Crippen LogP) is -1.82. The number of aliphatic hydroxyl groups is 2. The number of rotatable bonds is 2. The minimum Gasteiger partial charge on any atom is -0.394 e. The van der Waals surface area contributed by atoms with Crippen molar-refractivity contribution in [1.29, 1.82) is 0 Å². The van der Waals surface area contributed by atoms with Crippen LogP contribution in [0.1, 0.15) is 12.6 Å². The molecule has 16 heavy (non-hydrogen) atoms. The van der Waals surface area contributed by atoms with Gasteiger partial charge in [0, 0.05) is 18.7 Å². The van der Waals surface area contributed by atoms with E-state index in [1.165, 1.54) is 12.3 Å². The third-order valence-corrected chi connectivity index (χ3v) is 2.56. The zero-order valence-electron chi connectivity index (χ0n) is 8.37. The lowest BCUT2D eigenvalue weighted by molar-refractivity contribution is -0.0469. The largest absolute Gasteiger partial charge is 0.394 e. The summed E-state index contributed by atoms with van der Waals surface area (Å²) >= 11 is 0. The minimum atomic E-state index is -0.874. The second kappa shape index (κ2) is 4.20. The molecule has 0 radical (unpaired) electrons. The number of aromatic amines is 1. The van der Waals surface area contributed by atoms with Crippen molar-refractivity contribution >= 4 is 0 Å². The molecule has 0 saturated carbocycles. The fourth-order valence-corrected chi connectivity index (χ4v) is 1.74. The van der Waals surface area contributed by atoms with Crippen LogP contribution in [0.2, 0.25) is 0 Å². The molecule has 2 rings (SSSR count). The van der Waals surface area contributed by atoms with Crippen molar-refractivity contribution in [2.24, 2.45) is 0 Å². The third-order valence-electron chi connectivity index (χ3n) is 2.56. The number of nitrogens with one attached hydrogen (secondary N) is 1. The Balaban J connectivity index is 2.34. The van der Waals surface area contributed by atoms with E-state index in [1.807, 2.05) is 0 Å². The van der Waals surface area contributed by atoms with Gasteiger partial charge in [0.2, 0.25) is 0 Å². The Bertz CT molecular complexity index is 451. The zero-order valence-corrected chi connectivity index (χ0v) is 8.37. The van der Waals surface area contributed by atoms with E-state index in [0.29, 0.717) is 0 Å². The first-order chi connectivity index (χ1) is 7.63. The van der Waals surface area contributed by atoms with Crippen LogP contribution < -0.4 is 11.2 Å². The molecule has 88 valence electrons. The summed E-state index contributed by atoms with van der Waals surface area (Å²) in [5, 5.41) is 18.4. The van der Waals surface area contributed by atoms with Crippen molar-refractivity contribution in [3.63, 3.8) is 0 Å². The normalized spacial score (nSPS) is 29.5. The maximum atomic E-state index is 11.4. The van der Waals surface area contributed by atoms with E-state index >= 15 is 0 Å². The molecule has 1 saturated heterocycles. The predicted molar refractivity (Wildman–Crippen MR) is 52.9 cm³/mol. The highest BCUT2D eigenvalue weighted by atomic mass is 16.5. The fourth-order valence-electron chi connectivity index (χ4n) is 1.74. The van der Waals surface area contributed by atoms with Crippen LogP contribution in [0, 0.1) is 0 Å². The van der Waals surface area contributed by atoms with Gasteiger partial charge in [-0.15, -0.1) is 0 Å². The first-order valence-corrected chi connectivity index (χ1v) is 4.88. The number of ether oxygens (including phenoxy) is 1. The highest BCUT2D eigenvalue weighted by molar-refractivity contribution is 4.88. The molecule has 2 heterocycles. The van der Waals surface area contributed by atoms with Crippen molar-refractivity contribution in [3.05, 3.63) is 33.1 Å². The Morgan fingerprint density at radius 2 is 2.31 bits per heavy atom. The van der Waals surface area contributed by atoms with Crippen molar-refractivity contribution in [2.45, 2.75) is 24.9 Å². The monoisotopic (exact) mass is 228 g/mol. The maximum Gasteiger partial charge on any atom is 0.330 e. The molecular weight excluding hydrogens is 216 g/mol. The highest BCUT2D eigenvalue weighted by Crippen LogP contribution is 2.26. The van der Waals surface area contributed by atoms with Gasteiger partial charge in [-0.3, -0.25) is 4.79 Å². The maximum absolute atomic E-state index is 11.4. The topological polar surface area (TPSA) is 105 Å². The lowest BCUT2D eigenvalue weighted by atomic mass is 10.2. The second-order valence-electron chi connectivity index (χ2n) is 3.61. The summed E-state index contributed by atoms with van der Waals surface area (Å²) < 4.78 is 6.10. The number of nitrogens with zero attached hydrogens (tertiary/aromatic N) is 1. The molecule has 0 spiro atoms. The molecular formula is C9H12N2O5. The zero-order chi connectivity index (χ0) is 11.7. The molecule has 1 fully saturated rings. The molecule has 7 heteroatoms. The van der Waals surface area contributed by atoms with Gasteiger partial charge in [-0.1, -0.05) is 0 Å². The molecule has 7 nitrogen and oxygen atoms in total. The van der Waals surface area contributed by atoms with Crippen LogP contribution in [-0.4, -0.2) is 38.6 Å². The molecule has 1 aromatic rings. The summed E-state index contributed by atoms with van der Waals surface area (Å²) in [4.78, 5) is 25.2. The van der Waals surface area contributed by atoms with Gasteiger partial charge in [-0.2, -0.15) is 0 Å². The minimum absolute atomic E-state index is 0.109. The van der Waals surface area contributed by atoms with Crippen LogP contribution in [-0.2, 0) is 4.74 Å². The van der Waals surface area contributed by atoms with Gasteiger partial charge in [0.1, 0.15) is 12.3 Å². The van der Waals surface area contributed by atoms with Gasteiger partial charge in [0.05, 0.1) is 12.7 Å². The van der Waals surface area contributed by atoms with Crippen LogP contribution >= 0.6 is 0 Å². The summed E-state index contributed by atoms with van der Waals surface area (Å²) in [6.07, 6.45) is -1.10. The molecule has 0 aromatic carbocycles. The Kier molecular flexibility index (Phi) is 2.90. The van der Waals surface area contributed by atoms with Gasteiger partial charge in [-0.25, -0.2) is 9.36 Å². The van der Waals surface area contributed by atoms with Gasteiger partial charge in [-0.05, 0) is 0 Å². The van der Waals surface area contributed by atoms with Gasteiger partial charge in [0.15, 0.2) is 0 Å². The Morgan fingerprint density at radius 1 is 1.56 bits per heavy atom. The van der Waals surface area contributed by atoms with Crippen molar-refractivity contribution in [1.82, 2.24) is 9.55 Å². The second-order valence-corrected chi connectivity index (χ2v) is 3.61. The summed E-state index contributed by atoms with van der Waals surface area (Å²) in [5.74, 6) is 0. The van der Waals surface area contributed by atoms with E-state index in [2.05, 4.69) is 4.98 Å². The van der Waals surface area contributed by atoms with Crippen molar-refractivity contribution < 1.29 is 14.9 Å². The summed E-state index contributed by atoms with van der Waals surface area (Å²) in [6, 6.07) is 1.20. The lowest BCUT2D eigenvalue weighted by Gasteiger charge is -2.12. The number of hydrogen-bond acceptors (Lipinski definition) is 5. The Morgan fingerprint density at radius 3 is 2.88 bits per heavy atom. The molecule has 3 N–H and O–H groups in total. The molecule has 0 bridgehead atoms. The lowest BCUT2D eigenvalue weighted by Crippen LogP contribution is -2.37. The Hall–Kier alpha value is -1.44. The quantitative estimate of drug-likeness (QED) is 0.552. The van der Waals surface area contributed by atoms with Crippen molar-refractivity contribution in [3.8, 4) is 0 Å². The molecule has 1 unspecified atom stereocenters. The number of aromatic nitrogens is 2. The fraction of sp³-hybridized carbons (Fsp3) is 0.556.